The Bertz CT molecular complexity index is 382. The molecular weight excluding hydrogens is 273 g/mol. The van der Waals surface area contributed by atoms with Crippen LogP contribution < -0.4 is 10.5 Å². The normalized spacial score (nSPS) is 12.6. The molecule has 4 heteroatoms. The highest BCUT2D eigenvalue weighted by atomic mass is 79.9. The van der Waals surface area contributed by atoms with Crippen molar-refractivity contribution >= 4 is 15.9 Å². The van der Waals surface area contributed by atoms with Gasteiger partial charge in [-0.3, -0.25) is 0 Å². The number of halogens is 2. The molecule has 90 valence electrons. The summed E-state index contributed by atoms with van der Waals surface area (Å²) in [6.07, 6.45) is 0.739. The van der Waals surface area contributed by atoms with Crippen LogP contribution in [0.5, 0.6) is 5.75 Å². The average Bonchev–Trinajstić information content (AvgIpc) is 2.23. The van der Waals surface area contributed by atoms with Crippen LogP contribution in [0, 0.1) is 12.7 Å². The van der Waals surface area contributed by atoms with Crippen LogP contribution >= 0.6 is 15.9 Å². The Kier molecular flexibility index (Phi) is 4.74. The Morgan fingerprint density at radius 3 is 2.69 bits per heavy atom. The average molecular weight is 290 g/mol. The minimum absolute atomic E-state index is 0.0520. The van der Waals surface area contributed by atoms with Gasteiger partial charge in [-0.15, -0.1) is 0 Å². The summed E-state index contributed by atoms with van der Waals surface area (Å²) in [7, 11) is 1.56. The zero-order chi connectivity index (χ0) is 12.3. The molecule has 0 saturated carbocycles. The summed E-state index contributed by atoms with van der Waals surface area (Å²) < 4.78 is 19.8. The molecule has 2 nitrogen and oxygen atoms in total. The van der Waals surface area contributed by atoms with E-state index < -0.39 is 0 Å². The molecule has 0 bridgehead atoms. The molecule has 0 aliphatic heterocycles. The maximum Gasteiger partial charge on any atom is 0.144 e. The molecule has 1 unspecified atom stereocenters. The number of hydrogen-bond donors (Lipinski definition) is 1. The number of methoxy groups -OCH3 is 1. The van der Waals surface area contributed by atoms with E-state index in [0.717, 1.165) is 12.0 Å². The van der Waals surface area contributed by atoms with Gasteiger partial charge in [0.15, 0.2) is 0 Å². The van der Waals surface area contributed by atoms with Gasteiger partial charge in [-0.05, 0) is 53.4 Å². The topological polar surface area (TPSA) is 35.2 Å². The largest absolute Gasteiger partial charge is 0.496 e. The minimum Gasteiger partial charge on any atom is -0.496 e. The summed E-state index contributed by atoms with van der Waals surface area (Å²) in [5.41, 5.74) is 7.05. The number of ether oxygens (including phenoxy) is 1. The molecule has 0 saturated heterocycles. The molecule has 0 fully saturated rings. The highest BCUT2D eigenvalue weighted by molar-refractivity contribution is 9.10. The highest BCUT2D eigenvalue weighted by Crippen LogP contribution is 2.37. The van der Waals surface area contributed by atoms with E-state index in [1.165, 1.54) is 0 Å². The zero-order valence-electron chi connectivity index (χ0n) is 9.81. The maximum absolute atomic E-state index is 14.0. The first-order valence-electron chi connectivity index (χ1n) is 5.25. The highest BCUT2D eigenvalue weighted by Gasteiger charge is 2.20. The van der Waals surface area contributed by atoms with Gasteiger partial charge in [-0.1, -0.05) is 6.92 Å². The van der Waals surface area contributed by atoms with Crippen molar-refractivity contribution in [2.75, 3.05) is 13.7 Å². The maximum atomic E-state index is 14.0. The van der Waals surface area contributed by atoms with Gasteiger partial charge in [0, 0.05) is 5.56 Å². The van der Waals surface area contributed by atoms with Crippen molar-refractivity contribution in [3.63, 3.8) is 0 Å². The first-order valence-corrected chi connectivity index (χ1v) is 6.04. The number of hydrogen-bond acceptors (Lipinski definition) is 2. The molecule has 1 rings (SSSR count). The molecule has 16 heavy (non-hydrogen) atoms. The van der Waals surface area contributed by atoms with Crippen LogP contribution in [0.3, 0.4) is 0 Å². The molecule has 0 amide bonds. The van der Waals surface area contributed by atoms with E-state index in [0.29, 0.717) is 22.3 Å². The molecule has 0 radical (unpaired) electrons. The van der Waals surface area contributed by atoms with Crippen molar-refractivity contribution in [2.24, 2.45) is 5.73 Å². The van der Waals surface area contributed by atoms with Crippen LogP contribution in [-0.2, 0) is 0 Å². The Hall–Kier alpha value is -0.610. The molecule has 2 N–H and O–H groups in total. The quantitative estimate of drug-likeness (QED) is 0.923. The van der Waals surface area contributed by atoms with Crippen LogP contribution in [0.25, 0.3) is 0 Å². The standard InChI is InChI=1S/C12H17BrFNO/c1-7(4-5-15)10-11(14)9(13)6-8(2)12(10)16-3/h6-7H,4-5,15H2,1-3H3. The Labute approximate surface area is 104 Å². The summed E-state index contributed by atoms with van der Waals surface area (Å²) in [4.78, 5) is 0. The monoisotopic (exact) mass is 289 g/mol. The lowest BCUT2D eigenvalue weighted by Gasteiger charge is -2.18. The van der Waals surface area contributed by atoms with Gasteiger partial charge in [0.05, 0.1) is 11.6 Å². The van der Waals surface area contributed by atoms with Gasteiger partial charge >= 0.3 is 0 Å². The smallest absolute Gasteiger partial charge is 0.144 e. The third-order valence-corrected chi connectivity index (χ3v) is 3.27. The van der Waals surface area contributed by atoms with Gasteiger partial charge in [0.25, 0.3) is 0 Å². The molecule has 0 spiro atoms. The lowest BCUT2D eigenvalue weighted by Crippen LogP contribution is -2.09. The summed E-state index contributed by atoms with van der Waals surface area (Å²) in [5, 5.41) is 0. The molecule has 1 atom stereocenters. The first kappa shape index (κ1) is 13.5. The van der Waals surface area contributed by atoms with Crippen molar-refractivity contribution in [2.45, 2.75) is 26.2 Å². The summed E-state index contributed by atoms with van der Waals surface area (Å²) in [5.74, 6) is 0.432. The van der Waals surface area contributed by atoms with Gasteiger partial charge in [0.2, 0.25) is 0 Å². The van der Waals surface area contributed by atoms with Crippen molar-refractivity contribution in [3.05, 3.63) is 27.5 Å². The summed E-state index contributed by atoms with van der Waals surface area (Å²) in [6, 6.07) is 1.73. The van der Waals surface area contributed by atoms with E-state index in [9.17, 15) is 4.39 Å². The molecule has 0 aliphatic carbocycles. The third-order valence-electron chi connectivity index (χ3n) is 2.69. The molecular formula is C12H17BrFNO. The number of aryl methyl sites for hydroxylation is 1. The summed E-state index contributed by atoms with van der Waals surface area (Å²) in [6.45, 7) is 4.40. The first-order chi connectivity index (χ1) is 7.52. The van der Waals surface area contributed by atoms with Crippen molar-refractivity contribution < 1.29 is 9.13 Å². The van der Waals surface area contributed by atoms with Gasteiger partial charge < -0.3 is 10.5 Å². The molecule has 1 aromatic rings. The van der Waals surface area contributed by atoms with Gasteiger partial charge in [-0.2, -0.15) is 0 Å². The van der Waals surface area contributed by atoms with Crippen molar-refractivity contribution in [3.8, 4) is 5.75 Å². The lowest BCUT2D eigenvalue weighted by atomic mass is 9.94. The van der Waals surface area contributed by atoms with E-state index in [-0.39, 0.29) is 11.7 Å². The second-order valence-electron chi connectivity index (χ2n) is 3.91. The number of nitrogens with two attached hydrogens (primary N) is 1. The predicted octanol–water partition coefficient (Wildman–Crippen LogP) is 3.36. The fourth-order valence-corrected chi connectivity index (χ4v) is 2.42. The molecule has 0 heterocycles. The fourth-order valence-electron chi connectivity index (χ4n) is 1.87. The third kappa shape index (κ3) is 2.55. The van der Waals surface area contributed by atoms with Crippen molar-refractivity contribution in [1.82, 2.24) is 0 Å². The molecule has 1 aromatic carbocycles. The van der Waals surface area contributed by atoms with E-state index >= 15 is 0 Å². The Morgan fingerprint density at radius 1 is 1.56 bits per heavy atom. The van der Waals surface area contributed by atoms with Crippen LogP contribution in [0.1, 0.15) is 30.4 Å². The Balaban J connectivity index is 3.32. The van der Waals surface area contributed by atoms with E-state index in [1.54, 1.807) is 13.2 Å². The van der Waals surface area contributed by atoms with Crippen LogP contribution in [0.2, 0.25) is 0 Å². The van der Waals surface area contributed by atoms with Gasteiger partial charge in [0.1, 0.15) is 11.6 Å². The zero-order valence-corrected chi connectivity index (χ0v) is 11.4. The van der Waals surface area contributed by atoms with Crippen LogP contribution in [0.15, 0.2) is 10.5 Å². The second-order valence-corrected chi connectivity index (χ2v) is 4.77. The fraction of sp³-hybridized carbons (Fsp3) is 0.500. The predicted molar refractivity (Wildman–Crippen MR) is 67.5 cm³/mol. The van der Waals surface area contributed by atoms with E-state index in [1.807, 2.05) is 13.8 Å². The molecule has 0 aromatic heterocycles. The van der Waals surface area contributed by atoms with E-state index in [4.69, 9.17) is 10.5 Å². The van der Waals surface area contributed by atoms with Gasteiger partial charge in [-0.25, -0.2) is 4.39 Å². The molecule has 0 aliphatic rings. The second kappa shape index (κ2) is 5.64. The number of benzene rings is 1. The van der Waals surface area contributed by atoms with E-state index in [2.05, 4.69) is 15.9 Å². The Morgan fingerprint density at radius 2 is 2.19 bits per heavy atom. The number of rotatable bonds is 4. The van der Waals surface area contributed by atoms with Crippen LogP contribution in [-0.4, -0.2) is 13.7 Å². The summed E-state index contributed by atoms with van der Waals surface area (Å²) >= 11 is 3.22. The SMILES string of the molecule is COc1c(C)cc(Br)c(F)c1C(C)CCN. The lowest BCUT2D eigenvalue weighted by molar-refractivity contribution is 0.395. The minimum atomic E-state index is -0.247. The van der Waals surface area contributed by atoms with Crippen LogP contribution in [0.4, 0.5) is 4.39 Å². The van der Waals surface area contributed by atoms with Crippen molar-refractivity contribution in [1.29, 1.82) is 0 Å².